The van der Waals surface area contributed by atoms with Crippen LogP contribution < -0.4 is 10.1 Å². The fourth-order valence-corrected chi connectivity index (χ4v) is 4.76. The third-order valence-electron chi connectivity index (χ3n) is 6.38. The molecule has 0 saturated heterocycles. The molecule has 0 radical (unpaired) electrons. The van der Waals surface area contributed by atoms with Crippen LogP contribution in [0.4, 0.5) is 0 Å². The monoisotopic (exact) mass is 445 g/mol. The van der Waals surface area contributed by atoms with Gasteiger partial charge in [0.05, 0.1) is 12.7 Å². The Bertz CT molecular complexity index is 1140. The highest BCUT2D eigenvalue weighted by Crippen LogP contribution is 2.46. The number of methoxy groups -OCH3 is 1. The number of ketones is 1. The Kier molecular flexibility index (Phi) is 6.15. The highest BCUT2D eigenvalue weighted by Gasteiger charge is 2.42. The molecule has 1 aliphatic heterocycles. The highest BCUT2D eigenvalue weighted by molar-refractivity contribution is 6.04. The van der Waals surface area contributed by atoms with Gasteiger partial charge < -0.3 is 14.8 Å². The molecule has 1 atom stereocenters. The summed E-state index contributed by atoms with van der Waals surface area (Å²) in [5, 5.41) is 3.34. The molecule has 0 amide bonds. The summed E-state index contributed by atoms with van der Waals surface area (Å²) in [5.41, 5.74) is 5.86. The van der Waals surface area contributed by atoms with Crippen LogP contribution in [-0.4, -0.2) is 18.9 Å². The third-order valence-corrected chi connectivity index (χ3v) is 6.38. The van der Waals surface area contributed by atoms with Crippen molar-refractivity contribution in [3.05, 3.63) is 87.8 Å². The van der Waals surface area contributed by atoms with E-state index in [0.717, 1.165) is 34.7 Å². The number of Topliss-reactive ketones (excluding diaryl/α,β-unsaturated/α-hetero) is 1. The van der Waals surface area contributed by atoms with E-state index in [-0.39, 0.29) is 11.2 Å². The van der Waals surface area contributed by atoms with Crippen LogP contribution in [0.15, 0.2) is 71.1 Å². The van der Waals surface area contributed by atoms with E-state index < -0.39 is 11.9 Å². The first kappa shape index (κ1) is 22.8. The number of hydrogen-bond acceptors (Lipinski definition) is 5. The van der Waals surface area contributed by atoms with E-state index in [0.29, 0.717) is 24.2 Å². The van der Waals surface area contributed by atoms with Gasteiger partial charge in [0, 0.05) is 29.3 Å². The van der Waals surface area contributed by atoms with Crippen molar-refractivity contribution in [1.82, 2.24) is 5.32 Å². The van der Waals surface area contributed by atoms with Gasteiger partial charge in [0.2, 0.25) is 0 Å². The molecule has 0 saturated carbocycles. The Morgan fingerprint density at radius 3 is 2.33 bits per heavy atom. The minimum Gasteiger partial charge on any atom is -0.489 e. The van der Waals surface area contributed by atoms with Gasteiger partial charge in [0.15, 0.2) is 5.78 Å². The van der Waals surface area contributed by atoms with Crippen LogP contribution in [0, 0.1) is 12.3 Å². The van der Waals surface area contributed by atoms with Gasteiger partial charge in [0.25, 0.3) is 0 Å². The minimum absolute atomic E-state index is 0.0763. The number of nitrogens with one attached hydrogen (secondary N) is 1. The van der Waals surface area contributed by atoms with E-state index in [1.165, 1.54) is 12.7 Å². The molecule has 2 aromatic rings. The summed E-state index contributed by atoms with van der Waals surface area (Å²) in [6.45, 7) is 8.60. The van der Waals surface area contributed by atoms with Gasteiger partial charge in [-0.25, -0.2) is 4.79 Å². The van der Waals surface area contributed by atoms with Gasteiger partial charge in [-0.2, -0.15) is 0 Å². The number of allylic oxidation sites excluding steroid dienone is 3. The second kappa shape index (κ2) is 8.89. The molecule has 5 heteroatoms. The molecule has 33 heavy (non-hydrogen) atoms. The lowest BCUT2D eigenvalue weighted by molar-refractivity contribution is -0.136. The van der Waals surface area contributed by atoms with Crippen molar-refractivity contribution in [2.24, 2.45) is 5.41 Å². The van der Waals surface area contributed by atoms with Crippen LogP contribution in [0.5, 0.6) is 5.75 Å². The highest BCUT2D eigenvalue weighted by atomic mass is 16.5. The van der Waals surface area contributed by atoms with Crippen LogP contribution in [0.2, 0.25) is 0 Å². The number of rotatable bonds is 5. The average molecular weight is 446 g/mol. The number of aryl methyl sites for hydroxylation is 1. The van der Waals surface area contributed by atoms with E-state index in [4.69, 9.17) is 9.47 Å². The molecule has 0 bridgehead atoms. The SMILES string of the molecule is COC(=O)C1=C(C)NC2=C(C(=O)CC(C)(C)C2)C1c1ccc(OCc2ccc(C)cc2)cc1. The van der Waals surface area contributed by atoms with Crippen molar-refractivity contribution in [3.8, 4) is 5.75 Å². The maximum atomic E-state index is 13.2. The predicted octanol–water partition coefficient (Wildman–Crippen LogP) is 5.35. The molecule has 2 aromatic carbocycles. The van der Waals surface area contributed by atoms with Gasteiger partial charge in [-0.3, -0.25) is 4.79 Å². The van der Waals surface area contributed by atoms with Crippen molar-refractivity contribution in [2.45, 2.75) is 53.1 Å². The molecule has 0 aromatic heterocycles. The second-order valence-corrected chi connectivity index (χ2v) is 9.76. The first-order valence-electron chi connectivity index (χ1n) is 11.3. The molecule has 1 unspecified atom stereocenters. The smallest absolute Gasteiger partial charge is 0.336 e. The van der Waals surface area contributed by atoms with Crippen LogP contribution in [0.1, 0.15) is 56.2 Å². The topological polar surface area (TPSA) is 64.6 Å². The van der Waals surface area contributed by atoms with Crippen LogP contribution in [0.3, 0.4) is 0 Å². The molecule has 1 aliphatic carbocycles. The predicted molar refractivity (Wildman–Crippen MR) is 128 cm³/mol. The fraction of sp³-hybridized carbons (Fsp3) is 0.357. The van der Waals surface area contributed by atoms with Crippen LogP contribution in [-0.2, 0) is 20.9 Å². The van der Waals surface area contributed by atoms with Crippen molar-refractivity contribution in [1.29, 1.82) is 0 Å². The van der Waals surface area contributed by atoms with Gasteiger partial charge in [-0.15, -0.1) is 0 Å². The Labute approximate surface area is 195 Å². The van der Waals surface area contributed by atoms with E-state index in [2.05, 4.69) is 50.4 Å². The summed E-state index contributed by atoms with van der Waals surface area (Å²) in [6.07, 6.45) is 1.21. The normalized spacial score (nSPS) is 19.7. The maximum Gasteiger partial charge on any atom is 0.336 e. The zero-order chi connectivity index (χ0) is 23.8. The summed E-state index contributed by atoms with van der Waals surface area (Å²) >= 11 is 0. The standard InChI is InChI=1S/C28H31NO4/c1-17-6-8-19(9-7-17)16-33-21-12-10-20(11-13-21)25-24(27(31)32-5)18(2)29-22-14-28(3,4)15-23(30)26(22)25/h6-13,25,29H,14-16H2,1-5H3. The number of hydrogen-bond donors (Lipinski definition) is 1. The lowest BCUT2D eigenvalue weighted by Gasteiger charge is -2.39. The molecular weight excluding hydrogens is 414 g/mol. The first-order chi connectivity index (χ1) is 15.7. The van der Waals surface area contributed by atoms with Crippen LogP contribution in [0.25, 0.3) is 0 Å². The fourth-order valence-electron chi connectivity index (χ4n) is 4.76. The number of dihydropyridines is 1. The lowest BCUT2D eigenvalue weighted by atomic mass is 9.68. The van der Waals surface area contributed by atoms with Gasteiger partial charge in [-0.1, -0.05) is 55.8 Å². The molecule has 0 fully saturated rings. The Balaban J connectivity index is 1.65. The number of carbonyl (C=O) groups is 2. The molecule has 172 valence electrons. The van der Waals surface area contributed by atoms with Gasteiger partial charge >= 0.3 is 5.97 Å². The summed E-state index contributed by atoms with van der Waals surface area (Å²) < 4.78 is 11.0. The third kappa shape index (κ3) is 4.72. The number of ether oxygens (including phenoxy) is 2. The maximum absolute atomic E-state index is 13.2. The van der Waals surface area contributed by atoms with Crippen molar-refractivity contribution >= 4 is 11.8 Å². The molecular formula is C28H31NO4. The molecule has 4 rings (SSSR count). The summed E-state index contributed by atoms with van der Waals surface area (Å²) in [6, 6.07) is 15.9. The molecule has 1 heterocycles. The zero-order valence-electron chi connectivity index (χ0n) is 20.0. The zero-order valence-corrected chi connectivity index (χ0v) is 20.0. The first-order valence-corrected chi connectivity index (χ1v) is 11.3. The van der Waals surface area contributed by atoms with Crippen molar-refractivity contribution in [3.63, 3.8) is 0 Å². The van der Waals surface area contributed by atoms with Gasteiger partial charge in [-0.05, 0) is 48.9 Å². The molecule has 2 aliphatic rings. The number of carbonyl (C=O) groups excluding carboxylic acids is 2. The van der Waals surface area contributed by atoms with Crippen molar-refractivity contribution < 1.29 is 19.1 Å². The summed E-state index contributed by atoms with van der Waals surface area (Å²) in [4.78, 5) is 26.0. The largest absolute Gasteiger partial charge is 0.489 e. The Hall–Kier alpha value is -3.34. The Morgan fingerprint density at radius 2 is 1.70 bits per heavy atom. The van der Waals surface area contributed by atoms with Crippen molar-refractivity contribution in [2.75, 3.05) is 7.11 Å². The molecule has 1 N–H and O–H groups in total. The van der Waals surface area contributed by atoms with E-state index in [1.54, 1.807) is 0 Å². The average Bonchev–Trinajstić information content (AvgIpc) is 2.77. The minimum atomic E-state index is -0.455. The second-order valence-electron chi connectivity index (χ2n) is 9.76. The number of benzene rings is 2. The lowest BCUT2D eigenvalue weighted by Crippen LogP contribution is -2.38. The molecule has 0 spiro atoms. The summed E-state index contributed by atoms with van der Waals surface area (Å²) in [7, 11) is 1.37. The summed E-state index contributed by atoms with van der Waals surface area (Å²) in [5.74, 6) is -0.0661. The van der Waals surface area contributed by atoms with Gasteiger partial charge in [0.1, 0.15) is 12.4 Å². The van der Waals surface area contributed by atoms with E-state index in [1.807, 2.05) is 31.2 Å². The molecule has 5 nitrogen and oxygen atoms in total. The quantitative estimate of drug-likeness (QED) is 0.629. The van der Waals surface area contributed by atoms with E-state index >= 15 is 0 Å². The van der Waals surface area contributed by atoms with E-state index in [9.17, 15) is 9.59 Å². The Morgan fingerprint density at radius 1 is 1.03 bits per heavy atom. The van der Waals surface area contributed by atoms with Crippen LogP contribution >= 0.6 is 0 Å². The number of esters is 1.